The normalized spacial score (nSPS) is 14.9. The number of hydrogen-bond acceptors (Lipinski definition) is 6. The molecule has 0 bridgehead atoms. The van der Waals surface area contributed by atoms with Gasteiger partial charge in [0.2, 0.25) is 10.0 Å². The van der Waals surface area contributed by atoms with Gasteiger partial charge in [0.15, 0.2) is 5.76 Å². The lowest BCUT2D eigenvalue weighted by molar-refractivity contribution is 0.0695. The van der Waals surface area contributed by atoms with E-state index in [1.807, 2.05) is 24.4 Å². The maximum absolute atomic E-state index is 13.0. The monoisotopic (exact) mass is 487 g/mol. The minimum Gasteiger partial charge on any atom is -0.459 e. The van der Waals surface area contributed by atoms with Crippen LogP contribution in [0, 0.1) is 6.92 Å². The fourth-order valence-corrected chi connectivity index (χ4v) is 5.51. The van der Waals surface area contributed by atoms with Gasteiger partial charge < -0.3 is 14.6 Å². The van der Waals surface area contributed by atoms with Crippen molar-refractivity contribution < 1.29 is 22.4 Å². The van der Waals surface area contributed by atoms with Crippen LogP contribution in [0.4, 0.5) is 0 Å². The van der Waals surface area contributed by atoms with Gasteiger partial charge in [-0.05, 0) is 55.5 Å². The molecule has 2 aromatic heterocycles. The third-order valence-electron chi connectivity index (χ3n) is 5.59. The Bertz CT molecular complexity index is 1230. The molecule has 0 unspecified atom stereocenters. The molecule has 1 aliphatic rings. The van der Waals surface area contributed by atoms with E-state index in [9.17, 15) is 18.0 Å². The van der Waals surface area contributed by atoms with E-state index < -0.39 is 10.0 Å². The Morgan fingerprint density at radius 2 is 1.94 bits per heavy atom. The zero-order valence-electron chi connectivity index (χ0n) is 18.1. The summed E-state index contributed by atoms with van der Waals surface area (Å²) in [4.78, 5) is 28.0. The molecule has 4 rings (SSSR count). The number of hydrogen-bond donors (Lipinski definition) is 2. The molecule has 174 valence electrons. The summed E-state index contributed by atoms with van der Waals surface area (Å²) in [5, 5.41) is 4.84. The summed E-state index contributed by atoms with van der Waals surface area (Å²) in [5.41, 5.74) is 1.10. The van der Waals surface area contributed by atoms with Crippen molar-refractivity contribution in [2.45, 2.75) is 37.2 Å². The molecule has 0 atom stereocenters. The Balaban J connectivity index is 1.35. The molecular formula is C23H25N3O5S2. The number of sulfonamides is 1. The summed E-state index contributed by atoms with van der Waals surface area (Å²) >= 11 is 1.47. The molecule has 33 heavy (non-hydrogen) atoms. The van der Waals surface area contributed by atoms with Crippen LogP contribution in [0.2, 0.25) is 0 Å². The van der Waals surface area contributed by atoms with Gasteiger partial charge in [0.05, 0.1) is 11.2 Å². The van der Waals surface area contributed by atoms with Crippen molar-refractivity contribution in [2.24, 2.45) is 0 Å². The molecule has 1 aromatic carbocycles. The quantitative estimate of drug-likeness (QED) is 0.532. The first-order valence-electron chi connectivity index (χ1n) is 10.6. The third-order valence-corrected chi connectivity index (χ3v) is 7.87. The summed E-state index contributed by atoms with van der Waals surface area (Å²) in [7, 11) is -3.74. The standard InChI is InChI=1S/C23H25N3O5S2/c1-16-9-12-31-21(16)22(27)25-18-7-10-26(11-8-18)23(28)17-4-2-6-20(14-17)33(29,30)24-15-19-5-3-13-32-19/h2-6,9,12-14,18,24H,7-8,10-11,15H2,1H3,(H,25,27). The maximum Gasteiger partial charge on any atom is 0.287 e. The number of furan rings is 1. The largest absolute Gasteiger partial charge is 0.459 e. The molecule has 2 N–H and O–H groups in total. The number of aryl methyl sites for hydroxylation is 1. The van der Waals surface area contributed by atoms with Crippen molar-refractivity contribution in [1.29, 1.82) is 0 Å². The van der Waals surface area contributed by atoms with Crippen molar-refractivity contribution in [1.82, 2.24) is 14.9 Å². The fourth-order valence-electron chi connectivity index (χ4n) is 3.72. The average molecular weight is 488 g/mol. The van der Waals surface area contributed by atoms with E-state index in [4.69, 9.17) is 4.42 Å². The van der Waals surface area contributed by atoms with Crippen molar-refractivity contribution in [3.63, 3.8) is 0 Å². The molecule has 10 heteroatoms. The van der Waals surface area contributed by atoms with Gasteiger partial charge in [-0.1, -0.05) is 12.1 Å². The lowest BCUT2D eigenvalue weighted by atomic mass is 10.0. The molecule has 1 fully saturated rings. The van der Waals surface area contributed by atoms with E-state index in [-0.39, 0.29) is 29.3 Å². The summed E-state index contributed by atoms with van der Waals surface area (Å²) in [6.07, 6.45) is 2.70. The number of rotatable bonds is 7. The summed E-state index contributed by atoms with van der Waals surface area (Å²) in [6, 6.07) is 11.5. The summed E-state index contributed by atoms with van der Waals surface area (Å²) in [6.45, 7) is 2.95. The number of piperidine rings is 1. The first kappa shape index (κ1) is 23.2. The number of carbonyl (C=O) groups excluding carboxylic acids is 2. The second kappa shape index (κ2) is 9.90. The van der Waals surface area contributed by atoms with E-state index in [2.05, 4.69) is 10.0 Å². The van der Waals surface area contributed by atoms with Crippen LogP contribution in [-0.4, -0.2) is 44.3 Å². The number of thiophene rings is 1. The predicted octanol–water partition coefficient (Wildman–Crippen LogP) is 3.16. The van der Waals surface area contributed by atoms with E-state index in [1.165, 1.54) is 29.7 Å². The number of nitrogens with one attached hydrogen (secondary N) is 2. The first-order valence-corrected chi connectivity index (χ1v) is 13.0. The van der Waals surface area contributed by atoms with Gasteiger partial charge in [-0.15, -0.1) is 11.3 Å². The van der Waals surface area contributed by atoms with E-state index in [0.29, 0.717) is 37.3 Å². The van der Waals surface area contributed by atoms with Gasteiger partial charge in [0.25, 0.3) is 11.8 Å². The second-order valence-electron chi connectivity index (χ2n) is 7.90. The van der Waals surface area contributed by atoms with Crippen LogP contribution in [-0.2, 0) is 16.6 Å². The molecule has 1 saturated heterocycles. The van der Waals surface area contributed by atoms with E-state index >= 15 is 0 Å². The number of carbonyl (C=O) groups is 2. The highest BCUT2D eigenvalue weighted by Crippen LogP contribution is 2.19. The number of nitrogens with zero attached hydrogens (tertiary/aromatic N) is 1. The van der Waals surface area contributed by atoms with Crippen LogP contribution in [0.5, 0.6) is 0 Å². The lowest BCUT2D eigenvalue weighted by Gasteiger charge is -2.32. The van der Waals surface area contributed by atoms with Crippen molar-refractivity contribution >= 4 is 33.2 Å². The highest BCUT2D eigenvalue weighted by molar-refractivity contribution is 7.89. The molecule has 0 aliphatic carbocycles. The molecule has 0 saturated carbocycles. The number of benzene rings is 1. The lowest BCUT2D eigenvalue weighted by Crippen LogP contribution is -2.46. The van der Waals surface area contributed by atoms with Gasteiger partial charge in [-0.3, -0.25) is 9.59 Å². The van der Waals surface area contributed by atoms with Crippen LogP contribution in [0.25, 0.3) is 0 Å². The second-order valence-corrected chi connectivity index (χ2v) is 10.7. The predicted molar refractivity (Wildman–Crippen MR) is 125 cm³/mol. The number of amides is 2. The van der Waals surface area contributed by atoms with E-state index in [0.717, 1.165) is 10.4 Å². The minimum atomic E-state index is -3.74. The van der Waals surface area contributed by atoms with Crippen molar-refractivity contribution in [3.05, 3.63) is 75.9 Å². The van der Waals surface area contributed by atoms with Gasteiger partial charge in [-0.25, -0.2) is 13.1 Å². The molecule has 3 aromatic rings. The zero-order chi connectivity index (χ0) is 23.4. The van der Waals surface area contributed by atoms with Gasteiger partial charge in [-0.2, -0.15) is 0 Å². The topological polar surface area (TPSA) is 109 Å². The van der Waals surface area contributed by atoms with Crippen molar-refractivity contribution in [2.75, 3.05) is 13.1 Å². The minimum absolute atomic E-state index is 0.0563. The molecule has 8 nitrogen and oxygen atoms in total. The Kier molecular flexibility index (Phi) is 6.96. The van der Waals surface area contributed by atoms with Crippen LogP contribution in [0.1, 0.15) is 44.2 Å². The number of likely N-dealkylation sites (tertiary alicyclic amines) is 1. The third kappa shape index (κ3) is 5.52. The van der Waals surface area contributed by atoms with Crippen LogP contribution in [0.15, 0.2) is 63.4 Å². The van der Waals surface area contributed by atoms with Gasteiger partial charge in [0.1, 0.15) is 0 Å². The molecule has 0 spiro atoms. The van der Waals surface area contributed by atoms with Crippen LogP contribution < -0.4 is 10.0 Å². The Hall–Kier alpha value is -2.95. The van der Waals surface area contributed by atoms with Gasteiger partial charge in [0, 0.05) is 41.7 Å². The average Bonchev–Trinajstić information content (AvgIpc) is 3.49. The highest BCUT2D eigenvalue weighted by Gasteiger charge is 2.26. The highest BCUT2D eigenvalue weighted by atomic mass is 32.2. The summed E-state index contributed by atoms with van der Waals surface area (Å²) in [5.74, 6) is -0.175. The smallest absolute Gasteiger partial charge is 0.287 e. The first-order chi connectivity index (χ1) is 15.8. The fraction of sp³-hybridized carbons (Fsp3) is 0.304. The van der Waals surface area contributed by atoms with Crippen LogP contribution >= 0.6 is 11.3 Å². The van der Waals surface area contributed by atoms with E-state index in [1.54, 1.807) is 23.1 Å². The SMILES string of the molecule is Cc1ccoc1C(=O)NC1CCN(C(=O)c2cccc(S(=O)(=O)NCc3cccs3)c2)CC1. The molecule has 3 heterocycles. The summed E-state index contributed by atoms with van der Waals surface area (Å²) < 4.78 is 33.1. The Labute approximate surface area is 196 Å². The van der Waals surface area contributed by atoms with Gasteiger partial charge >= 0.3 is 0 Å². The Morgan fingerprint density at radius 1 is 1.15 bits per heavy atom. The molecular weight excluding hydrogens is 462 g/mol. The Morgan fingerprint density at radius 3 is 2.61 bits per heavy atom. The maximum atomic E-state index is 13.0. The molecule has 1 aliphatic heterocycles. The van der Waals surface area contributed by atoms with Crippen molar-refractivity contribution in [3.8, 4) is 0 Å². The molecule has 0 radical (unpaired) electrons. The molecule has 2 amide bonds. The zero-order valence-corrected chi connectivity index (χ0v) is 19.7. The van der Waals surface area contributed by atoms with Crippen LogP contribution in [0.3, 0.4) is 0 Å².